The smallest absolute Gasteiger partial charge is 0.282 e. The van der Waals surface area contributed by atoms with Gasteiger partial charge >= 0.3 is 0 Å². The minimum absolute atomic E-state index is 0.0833. The lowest BCUT2D eigenvalue weighted by molar-refractivity contribution is -0.670. The first kappa shape index (κ1) is 17.6. The normalized spacial score (nSPS) is 12.8. The van der Waals surface area contributed by atoms with Gasteiger partial charge < -0.3 is 0 Å². The third-order valence-electron chi connectivity index (χ3n) is 3.43. The van der Waals surface area contributed by atoms with E-state index < -0.39 is 24.9 Å². The van der Waals surface area contributed by atoms with Crippen molar-refractivity contribution in [2.75, 3.05) is 6.26 Å². The molecule has 1 heterocycles. The number of rotatable bonds is 4. The van der Waals surface area contributed by atoms with Gasteiger partial charge in [0.05, 0.1) is 7.05 Å². The molecule has 1 N–H and O–H groups in total. The Bertz CT molecular complexity index is 904. The maximum absolute atomic E-state index is 12.2. The summed E-state index contributed by atoms with van der Waals surface area (Å²) in [4.78, 5) is -0.576. The van der Waals surface area contributed by atoms with Crippen molar-refractivity contribution in [2.24, 2.45) is 7.05 Å². The van der Waals surface area contributed by atoms with Crippen molar-refractivity contribution in [3.8, 4) is 5.69 Å². The largest absolute Gasteiger partial charge is 0.298 e. The van der Waals surface area contributed by atoms with E-state index in [-0.39, 0.29) is 16.5 Å². The monoisotopic (exact) mass is 359 g/mol. The van der Waals surface area contributed by atoms with Gasteiger partial charge in [0.1, 0.15) is 22.2 Å². The second kappa shape index (κ2) is 5.73. The first-order valence-electron chi connectivity index (χ1n) is 6.80. The summed E-state index contributed by atoms with van der Waals surface area (Å²) in [5.41, 5.74) is 0.429. The van der Waals surface area contributed by atoms with Gasteiger partial charge in [0, 0.05) is 6.26 Å². The Balaban J connectivity index is 3.02. The minimum Gasteiger partial charge on any atom is -0.282 e. The van der Waals surface area contributed by atoms with E-state index in [1.807, 2.05) is 13.8 Å². The van der Waals surface area contributed by atoms with E-state index in [1.54, 1.807) is 17.8 Å². The maximum atomic E-state index is 12.2. The number of sulfone groups is 1. The fraction of sp³-hybridized carbons (Fsp3) is 0.357. The van der Waals surface area contributed by atoms with Crippen LogP contribution >= 0.6 is 0 Å². The standard InChI is InChI=1S/C14H18N2O5S2/c1-10(2)11-7-12(22(4,17)18)14(13(8-11)23(19,20)21)16-6-5-15(3)9-16/h5-10H,1-4H3/p+1. The van der Waals surface area contributed by atoms with Crippen LogP contribution < -0.4 is 4.57 Å². The van der Waals surface area contributed by atoms with Gasteiger partial charge in [0.25, 0.3) is 10.1 Å². The van der Waals surface area contributed by atoms with Crippen molar-refractivity contribution >= 4 is 20.0 Å². The molecule has 2 aromatic rings. The predicted molar refractivity (Wildman–Crippen MR) is 84.0 cm³/mol. The van der Waals surface area contributed by atoms with Crippen LogP contribution in [-0.4, -0.2) is 32.2 Å². The molecule has 9 heteroatoms. The number of hydrogen-bond donors (Lipinski definition) is 1. The zero-order valence-corrected chi connectivity index (χ0v) is 14.9. The Morgan fingerprint density at radius 1 is 1.13 bits per heavy atom. The molecule has 1 aromatic heterocycles. The molecule has 0 fully saturated rings. The van der Waals surface area contributed by atoms with Gasteiger partial charge in [-0.05, 0) is 23.6 Å². The lowest BCUT2D eigenvalue weighted by Crippen LogP contribution is -2.24. The van der Waals surface area contributed by atoms with Gasteiger partial charge in [0.15, 0.2) is 15.5 Å². The topological polar surface area (TPSA) is 97.3 Å². The molecule has 0 aliphatic heterocycles. The fourth-order valence-corrected chi connectivity index (χ4v) is 3.98. The van der Waals surface area contributed by atoms with Gasteiger partial charge in [-0.15, -0.1) is 0 Å². The second-order valence-corrected chi connectivity index (χ2v) is 9.13. The molecule has 0 spiro atoms. The van der Waals surface area contributed by atoms with E-state index in [4.69, 9.17) is 0 Å². The molecular formula is C14H19N2O5S2+. The van der Waals surface area contributed by atoms with Crippen LogP contribution in [0.4, 0.5) is 0 Å². The van der Waals surface area contributed by atoms with Gasteiger partial charge in [-0.3, -0.25) is 4.55 Å². The summed E-state index contributed by atoms with van der Waals surface area (Å²) in [5, 5.41) is 0. The van der Waals surface area contributed by atoms with Crippen LogP contribution in [0.1, 0.15) is 25.3 Å². The van der Waals surface area contributed by atoms with Crippen LogP contribution in [-0.2, 0) is 27.0 Å². The highest BCUT2D eigenvalue weighted by atomic mass is 32.2. The molecule has 126 valence electrons. The molecule has 0 saturated carbocycles. The van der Waals surface area contributed by atoms with E-state index in [0.29, 0.717) is 5.56 Å². The molecule has 0 aliphatic carbocycles. The SMILES string of the molecule is CC(C)c1cc(S(C)(=O)=O)c(-n2cc[n+](C)c2)c(S(=O)(=O)O)c1. The van der Waals surface area contributed by atoms with E-state index in [0.717, 1.165) is 6.26 Å². The van der Waals surface area contributed by atoms with Crippen molar-refractivity contribution in [3.05, 3.63) is 36.4 Å². The molecular weight excluding hydrogens is 340 g/mol. The molecule has 0 saturated heterocycles. The van der Waals surface area contributed by atoms with E-state index >= 15 is 0 Å². The van der Waals surface area contributed by atoms with Crippen molar-refractivity contribution in [1.82, 2.24) is 4.57 Å². The second-order valence-electron chi connectivity index (χ2n) is 5.75. The molecule has 0 bridgehead atoms. The van der Waals surface area contributed by atoms with E-state index in [1.165, 1.54) is 29.2 Å². The van der Waals surface area contributed by atoms with E-state index in [2.05, 4.69) is 0 Å². The first-order chi connectivity index (χ1) is 10.4. The van der Waals surface area contributed by atoms with Crippen molar-refractivity contribution < 1.29 is 26.0 Å². The van der Waals surface area contributed by atoms with Crippen molar-refractivity contribution in [3.63, 3.8) is 0 Å². The van der Waals surface area contributed by atoms with Crippen LogP contribution in [0.2, 0.25) is 0 Å². The summed E-state index contributed by atoms with van der Waals surface area (Å²) in [6.07, 6.45) is 5.69. The summed E-state index contributed by atoms with van der Waals surface area (Å²) in [5.74, 6) is -0.106. The zero-order chi connectivity index (χ0) is 17.6. The van der Waals surface area contributed by atoms with Crippen LogP contribution in [0.5, 0.6) is 0 Å². The molecule has 1 aromatic carbocycles. The van der Waals surface area contributed by atoms with Crippen LogP contribution in [0.25, 0.3) is 5.69 Å². The average Bonchev–Trinajstić information content (AvgIpc) is 2.81. The molecule has 0 radical (unpaired) electrons. The first-order valence-corrected chi connectivity index (χ1v) is 10.1. The number of benzene rings is 1. The van der Waals surface area contributed by atoms with Gasteiger partial charge in [-0.2, -0.15) is 13.0 Å². The maximum Gasteiger partial charge on any atom is 0.298 e. The number of nitrogens with zero attached hydrogens (tertiary/aromatic N) is 2. The third-order valence-corrected chi connectivity index (χ3v) is 5.41. The quantitative estimate of drug-likeness (QED) is 0.651. The van der Waals surface area contributed by atoms with Crippen molar-refractivity contribution in [2.45, 2.75) is 29.6 Å². The molecule has 0 unspecified atom stereocenters. The number of imidazole rings is 1. The molecule has 0 atom stereocenters. The molecule has 0 aliphatic rings. The van der Waals surface area contributed by atoms with Crippen LogP contribution in [0, 0.1) is 0 Å². The fourth-order valence-electron chi connectivity index (χ4n) is 2.25. The number of hydrogen-bond acceptors (Lipinski definition) is 4. The summed E-state index contributed by atoms with van der Waals surface area (Å²) >= 11 is 0. The highest BCUT2D eigenvalue weighted by Gasteiger charge is 2.30. The van der Waals surface area contributed by atoms with E-state index in [9.17, 15) is 21.4 Å². The summed E-state index contributed by atoms with van der Waals surface area (Å²) in [6.45, 7) is 3.62. The molecule has 2 rings (SSSR count). The minimum atomic E-state index is -4.61. The Hall–Kier alpha value is -1.71. The van der Waals surface area contributed by atoms with Crippen molar-refractivity contribution in [1.29, 1.82) is 0 Å². The Morgan fingerprint density at radius 3 is 2.09 bits per heavy atom. The third kappa shape index (κ3) is 3.62. The Labute approximate surface area is 135 Å². The van der Waals surface area contributed by atoms with Gasteiger partial charge in [0.2, 0.25) is 6.33 Å². The van der Waals surface area contributed by atoms with Crippen LogP contribution in [0.15, 0.2) is 40.6 Å². The molecule has 7 nitrogen and oxygen atoms in total. The lowest BCUT2D eigenvalue weighted by atomic mass is 10.0. The number of aromatic nitrogens is 2. The Morgan fingerprint density at radius 2 is 1.70 bits per heavy atom. The lowest BCUT2D eigenvalue weighted by Gasteiger charge is -2.13. The number of aryl methyl sites for hydroxylation is 1. The molecule has 23 heavy (non-hydrogen) atoms. The van der Waals surface area contributed by atoms with Crippen LogP contribution in [0.3, 0.4) is 0 Å². The predicted octanol–water partition coefficient (Wildman–Crippen LogP) is 1.08. The molecule has 0 amide bonds. The highest BCUT2D eigenvalue weighted by molar-refractivity contribution is 7.91. The highest BCUT2D eigenvalue weighted by Crippen LogP contribution is 2.31. The Kier molecular flexibility index (Phi) is 4.40. The zero-order valence-electron chi connectivity index (χ0n) is 13.3. The van der Waals surface area contributed by atoms with Gasteiger partial charge in [-0.1, -0.05) is 13.8 Å². The summed E-state index contributed by atoms with van der Waals surface area (Å²) < 4.78 is 60.6. The average molecular weight is 359 g/mol. The summed E-state index contributed by atoms with van der Waals surface area (Å²) in [6, 6.07) is 2.76. The summed E-state index contributed by atoms with van der Waals surface area (Å²) in [7, 11) is -6.61. The van der Waals surface area contributed by atoms with Gasteiger partial charge in [-0.25, -0.2) is 13.0 Å².